The van der Waals surface area contributed by atoms with Gasteiger partial charge in [0.05, 0.1) is 49.0 Å². The zero-order valence-electron chi connectivity index (χ0n) is 21.0. The Morgan fingerprint density at radius 3 is 2.37 bits per heavy atom. The van der Waals surface area contributed by atoms with Crippen molar-refractivity contribution in [1.29, 1.82) is 0 Å². The van der Waals surface area contributed by atoms with Gasteiger partial charge in [-0.3, -0.25) is 0 Å². The molecule has 10 heteroatoms. The Hall–Kier alpha value is -3.53. The maximum absolute atomic E-state index is 6.07. The summed E-state index contributed by atoms with van der Waals surface area (Å²) < 4.78 is 16.9. The van der Waals surface area contributed by atoms with Gasteiger partial charge in [-0.05, 0) is 31.9 Å². The Labute approximate surface area is 206 Å². The summed E-state index contributed by atoms with van der Waals surface area (Å²) in [7, 11) is 3.18. The molecule has 10 nitrogen and oxygen atoms in total. The molecule has 0 aliphatic carbocycles. The highest BCUT2D eigenvalue weighted by Gasteiger charge is 2.35. The average Bonchev–Trinajstić information content (AvgIpc) is 3.31. The molecule has 2 atom stereocenters. The first-order valence-electron chi connectivity index (χ1n) is 12.0. The van der Waals surface area contributed by atoms with Crippen molar-refractivity contribution in [3.63, 3.8) is 0 Å². The van der Waals surface area contributed by atoms with E-state index in [1.807, 2.05) is 25.1 Å². The van der Waals surface area contributed by atoms with Crippen molar-refractivity contribution in [3.8, 4) is 23.0 Å². The van der Waals surface area contributed by atoms with E-state index in [0.29, 0.717) is 43.8 Å². The maximum Gasteiger partial charge on any atom is 0.226 e. The lowest BCUT2D eigenvalue weighted by atomic mass is 10.1. The van der Waals surface area contributed by atoms with Crippen molar-refractivity contribution in [2.45, 2.75) is 45.8 Å². The summed E-state index contributed by atoms with van der Waals surface area (Å²) >= 11 is 0. The quantitative estimate of drug-likeness (QED) is 0.466. The topological polar surface area (TPSA) is 107 Å². The molecule has 0 spiro atoms. The predicted octanol–water partition coefficient (Wildman–Crippen LogP) is 3.18. The number of aryl methyl sites for hydroxylation is 2. The second-order valence-corrected chi connectivity index (χ2v) is 8.13. The molecule has 0 aromatic carbocycles. The van der Waals surface area contributed by atoms with Crippen LogP contribution in [0.4, 0.5) is 11.8 Å². The standard InChI is InChI=1S/C25H33N7O3/c1-6-17-22(16-10-11-21(33-4)31-24(16)34-5)28-18(7-2)23(29-17)30-19-14-32(15-20(19)35-8-3)25-26-12-9-13-27-25/h9-13,19-20H,6-8,14-15H2,1-5H3,(H,29,30)/t19-,20+/m1/s1. The summed E-state index contributed by atoms with van der Waals surface area (Å²) in [5, 5.41) is 3.63. The predicted molar refractivity (Wildman–Crippen MR) is 134 cm³/mol. The van der Waals surface area contributed by atoms with E-state index in [-0.39, 0.29) is 12.1 Å². The molecule has 3 aromatic heterocycles. The molecule has 1 saturated heterocycles. The van der Waals surface area contributed by atoms with Gasteiger partial charge in [-0.1, -0.05) is 13.8 Å². The molecule has 4 rings (SSSR count). The number of anilines is 2. The van der Waals surface area contributed by atoms with E-state index in [1.54, 1.807) is 26.6 Å². The van der Waals surface area contributed by atoms with Crippen molar-refractivity contribution in [3.05, 3.63) is 42.0 Å². The van der Waals surface area contributed by atoms with Crippen LogP contribution in [0.2, 0.25) is 0 Å². The molecule has 1 N–H and O–H groups in total. The molecule has 0 radical (unpaired) electrons. The molecule has 0 bridgehead atoms. The lowest BCUT2D eigenvalue weighted by molar-refractivity contribution is 0.0719. The highest BCUT2D eigenvalue weighted by Crippen LogP contribution is 2.33. The third kappa shape index (κ3) is 5.27. The smallest absolute Gasteiger partial charge is 0.226 e. The summed E-state index contributed by atoms with van der Waals surface area (Å²) in [5.41, 5.74) is 3.30. The van der Waals surface area contributed by atoms with Gasteiger partial charge in [0.2, 0.25) is 17.7 Å². The van der Waals surface area contributed by atoms with E-state index in [4.69, 9.17) is 24.2 Å². The average molecular weight is 480 g/mol. The number of nitrogens with one attached hydrogen (secondary N) is 1. The van der Waals surface area contributed by atoms with Crippen LogP contribution < -0.4 is 19.7 Å². The SMILES string of the molecule is CCO[C@H]1CN(c2ncccn2)C[C@H]1Nc1nc(CC)c(-c2ccc(OC)nc2OC)nc1CC. The van der Waals surface area contributed by atoms with Gasteiger partial charge in [0.25, 0.3) is 0 Å². The Kier molecular flexibility index (Phi) is 7.91. The zero-order valence-corrected chi connectivity index (χ0v) is 21.0. The summed E-state index contributed by atoms with van der Waals surface area (Å²) in [6.07, 6.45) is 4.92. The van der Waals surface area contributed by atoms with E-state index in [9.17, 15) is 0 Å². The molecule has 1 fully saturated rings. The van der Waals surface area contributed by atoms with Gasteiger partial charge in [0.15, 0.2) is 0 Å². The molecule has 1 aliphatic heterocycles. The van der Waals surface area contributed by atoms with Crippen molar-refractivity contribution in [2.75, 3.05) is 44.1 Å². The van der Waals surface area contributed by atoms with Gasteiger partial charge >= 0.3 is 0 Å². The molecular formula is C25H33N7O3. The van der Waals surface area contributed by atoms with Crippen LogP contribution in [0, 0.1) is 0 Å². The lowest BCUT2D eigenvalue weighted by Gasteiger charge is -2.22. The number of aromatic nitrogens is 5. The number of nitrogens with zero attached hydrogens (tertiary/aromatic N) is 6. The van der Waals surface area contributed by atoms with Crippen LogP contribution in [0.15, 0.2) is 30.6 Å². The van der Waals surface area contributed by atoms with E-state index >= 15 is 0 Å². The number of pyridine rings is 1. The minimum atomic E-state index is -0.0223. The third-order valence-electron chi connectivity index (χ3n) is 6.01. The molecule has 3 aromatic rings. The number of rotatable bonds is 10. The van der Waals surface area contributed by atoms with Crippen LogP contribution in [0.5, 0.6) is 11.8 Å². The first-order valence-corrected chi connectivity index (χ1v) is 12.0. The largest absolute Gasteiger partial charge is 0.481 e. The first kappa shape index (κ1) is 24.6. The molecule has 0 saturated carbocycles. The van der Waals surface area contributed by atoms with Crippen LogP contribution in [-0.4, -0.2) is 71.0 Å². The van der Waals surface area contributed by atoms with Crippen molar-refractivity contribution in [1.82, 2.24) is 24.9 Å². The Balaban J connectivity index is 1.66. The number of hydrogen-bond donors (Lipinski definition) is 1. The molecule has 186 valence electrons. The summed E-state index contributed by atoms with van der Waals surface area (Å²) in [6.45, 7) is 8.20. The van der Waals surface area contributed by atoms with E-state index in [2.05, 4.69) is 39.0 Å². The summed E-state index contributed by atoms with van der Waals surface area (Å²) in [5.74, 6) is 2.42. The molecule has 1 aliphatic rings. The van der Waals surface area contributed by atoms with Crippen LogP contribution in [0.1, 0.15) is 32.2 Å². The Bertz CT molecular complexity index is 1130. The highest BCUT2D eigenvalue weighted by atomic mass is 16.5. The van der Waals surface area contributed by atoms with Crippen molar-refractivity contribution >= 4 is 11.8 Å². The van der Waals surface area contributed by atoms with Crippen LogP contribution in [0.3, 0.4) is 0 Å². The van der Waals surface area contributed by atoms with Gasteiger partial charge in [0, 0.05) is 38.2 Å². The van der Waals surface area contributed by atoms with Gasteiger partial charge in [-0.15, -0.1) is 0 Å². The second-order valence-electron chi connectivity index (χ2n) is 8.13. The zero-order chi connectivity index (χ0) is 24.8. The van der Waals surface area contributed by atoms with E-state index in [1.165, 1.54) is 0 Å². The van der Waals surface area contributed by atoms with E-state index < -0.39 is 0 Å². The first-order chi connectivity index (χ1) is 17.1. The molecular weight excluding hydrogens is 446 g/mol. The minimum absolute atomic E-state index is 0.0195. The van der Waals surface area contributed by atoms with Crippen LogP contribution in [0.25, 0.3) is 11.3 Å². The van der Waals surface area contributed by atoms with Crippen LogP contribution in [-0.2, 0) is 17.6 Å². The number of hydrogen-bond acceptors (Lipinski definition) is 10. The van der Waals surface area contributed by atoms with Crippen LogP contribution >= 0.6 is 0 Å². The monoisotopic (exact) mass is 479 g/mol. The van der Waals surface area contributed by atoms with Gasteiger partial charge in [0.1, 0.15) is 5.82 Å². The Morgan fingerprint density at radius 1 is 0.943 bits per heavy atom. The second kappa shape index (κ2) is 11.3. The van der Waals surface area contributed by atoms with Crippen molar-refractivity contribution in [2.24, 2.45) is 0 Å². The maximum atomic E-state index is 6.07. The summed E-state index contributed by atoms with van der Waals surface area (Å²) in [4.78, 5) is 25.4. The molecule has 4 heterocycles. The van der Waals surface area contributed by atoms with Crippen molar-refractivity contribution < 1.29 is 14.2 Å². The fraction of sp³-hybridized carbons (Fsp3) is 0.480. The van der Waals surface area contributed by atoms with Gasteiger partial charge in [-0.2, -0.15) is 4.98 Å². The number of methoxy groups -OCH3 is 2. The normalized spacial score (nSPS) is 17.5. The van der Waals surface area contributed by atoms with Gasteiger partial charge < -0.3 is 24.4 Å². The highest BCUT2D eigenvalue weighted by molar-refractivity contribution is 5.69. The third-order valence-corrected chi connectivity index (χ3v) is 6.01. The van der Waals surface area contributed by atoms with Gasteiger partial charge in [-0.25, -0.2) is 19.9 Å². The molecule has 0 unspecified atom stereocenters. The minimum Gasteiger partial charge on any atom is -0.481 e. The summed E-state index contributed by atoms with van der Waals surface area (Å²) in [6, 6.07) is 5.56. The molecule has 0 amide bonds. The lowest BCUT2D eigenvalue weighted by Crippen LogP contribution is -2.35. The number of ether oxygens (including phenoxy) is 3. The Morgan fingerprint density at radius 2 is 1.71 bits per heavy atom. The fourth-order valence-corrected chi connectivity index (χ4v) is 4.29. The molecule has 35 heavy (non-hydrogen) atoms. The fourth-order valence-electron chi connectivity index (χ4n) is 4.29. The van der Waals surface area contributed by atoms with E-state index in [0.717, 1.165) is 34.9 Å².